The van der Waals surface area contributed by atoms with Crippen LogP contribution in [0.1, 0.15) is 45.7 Å². The van der Waals surface area contributed by atoms with Gasteiger partial charge >= 0.3 is 0 Å². The van der Waals surface area contributed by atoms with E-state index in [-0.39, 0.29) is 5.54 Å². The molecular weight excluding hydrogens is 220 g/mol. The molecule has 0 spiro atoms. The lowest BCUT2D eigenvalue weighted by Crippen LogP contribution is -2.61. The Morgan fingerprint density at radius 1 is 1.33 bits per heavy atom. The Balaban J connectivity index is 2.21. The summed E-state index contributed by atoms with van der Waals surface area (Å²) in [6.07, 6.45) is 1.17. The smallest absolute Gasteiger partial charge is 0.0349 e. The summed E-state index contributed by atoms with van der Waals surface area (Å²) < 4.78 is 0. The first-order valence-electron chi connectivity index (χ1n) is 7.09. The van der Waals surface area contributed by atoms with Gasteiger partial charge in [-0.3, -0.25) is 4.90 Å². The molecule has 2 unspecified atom stereocenters. The fourth-order valence-electron chi connectivity index (χ4n) is 2.96. The Morgan fingerprint density at radius 3 is 2.61 bits per heavy atom. The zero-order valence-electron chi connectivity index (χ0n) is 12.1. The summed E-state index contributed by atoms with van der Waals surface area (Å²) in [5, 5.41) is 3.63. The van der Waals surface area contributed by atoms with Crippen molar-refractivity contribution in [3.63, 3.8) is 0 Å². The highest BCUT2D eigenvalue weighted by atomic mass is 15.3. The average Bonchev–Trinajstić information content (AvgIpc) is 2.36. The van der Waals surface area contributed by atoms with Gasteiger partial charge in [-0.1, -0.05) is 37.3 Å². The highest BCUT2D eigenvalue weighted by Crippen LogP contribution is 2.29. The van der Waals surface area contributed by atoms with Crippen molar-refractivity contribution < 1.29 is 0 Å². The Kier molecular flexibility index (Phi) is 4.08. The fourth-order valence-corrected chi connectivity index (χ4v) is 2.96. The molecule has 2 rings (SSSR count). The van der Waals surface area contributed by atoms with Crippen LogP contribution in [0.4, 0.5) is 0 Å². The molecule has 1 aliphatic rings. The SMILES string of the molecule is CCC(c1ccccc1)N1CC(C)(C)NCC1C. The Bertz CT molecular complexity index is 372. The lowest BCUT2D eigenvalue weighted by Gasteiger charge is -2.47. The van der Waals surface area contributed by atoms with Crippen LogP contribution in [0.3, 0.4) is 0 Å². The maximum absolute atomic E-state index is 3.63. The Morgan fingerprint density at radius 2 is 2.00 bits per heavy atom. The number of nitrogens with zero attached hydrogens (tertiary/aromatic N) is 1. The van der Waals surface area contributed by atoms with Crippen molar-refractivity contribution in [1.82, 2.24) is 10.2 Å². The van der Waals surface area contributed by atoms with E-state index in [4.69, 9.17) is 0 Å². The summed E-state index contributed by atoms with van der Waals surface area (Å²) in [6.45, 7) is 11.4. The van der Waals surface area contributed by atoms with E-state index in [2.05, 4.69) is 68.2 Å². The van der Waals surface area contributed by atoms with Crippen LogP contribution in [0, 0.1) is 0 Å². The number of hydrogen-bond acceptors (Lipinski definition) is 2. The molecule has 1 heterocycles. The molecular formula is C16H26N2. The summed E-state index contributed by atoms with van der Waals surface area (Å²) >= 11 is 0. The largest absolute Gasteiger partial charge is 0.309 e. The van der Waals surface area contributed by atoms with Gasteiger partial charge in [0.1, 0.15) is 0 Å². The summed E-state index contributed by atoms with van der Waals surface area (Å²) in [7, 11) is 0. The van der Waals surface area contributed by atoms with E-state index in [1.807, 2.05) is 0 Å². The third kappa shape index (κ3) is 2.93. The van der Waals surface area contributed by atoms with Crippen molar-refractivity contribution in [2.24, 2.45) is 0 Å². The first kappa shape index (κ1) is 13.6. The summed E-state index contributed by atoms with van der Waals surface area (Å²) in [5.41, 5.74) is 1.67. The molecule has 1 saturated heterocycles. The van der Waals surface area contributed by atoms with Gasteiger partial charge in [0.05, 0.1) is 0 Å². The number of nitrogens with one attached hydrogen (secondary N) is 1. The molecule has 1 aromatic carbocycles. The van der Waals surface area contributed by atoms with Gasteiger partial charge in [-0.05, 0) is 32.8 Å². The van der Waals surface area contributed by atoms with E-state index >= 15 is 0 Å². The molecule has 1 N–H and O–H groups in total. The van der Waals surface area contributed by atoms with Crippen LogP contribution in [-0.2, 0) is 0 Å². The lowest BCUT2D eigenvalue weighted by molar-refractivity contribution is 0.0598. The minimum Gasteiger partial charge on any atom is -0.309 e. The third-order valence-corrected chi connectivity index (χ3v) is 3.99. The number of benzene rings is 1. The quantitative estimate of drug-likeness (QED) is 0.881. The Hall–Kier alpha value is -0.860. The molecule has 1 fully saturated rings. The van der Waals surface area contributed by atoms with Crippen molar-refractivity contribution >= 4 is 0 Å². The third-order valence-electron chi connectivity index (χ3n) is 3.99. The number of hydrogen-bond donors (Lipinski definition) is 1. The first-order chi connectivity index (χ1) is 8.53. The molecule has 2 atom stereocenters. The molecule has 2 heteroatoms. The molecule has 0 bridgehead atoms. The normalized spacial score (nSPS) is 25.9. The topological polar surface area (TPSA) is 15.3 Å². The maximum Gasteiger partial charge on any atom is 0.0349 e. The van der Waals surface area contributed by atoms with Gasteiger partial charge in [0, 0.05) is 30.7 Å². The van der Waals surface area contributed by atoms with Crippen molar-refractivity contribution in [3.05, 3.63) is 35.9 Å². The van der Waals surface area contributed by atoms with E-state index in [1.54, 1.807) is 0 Å². The van der Waals surface area contributed by atoms with Crippen molar-refractivity contribution in [2.45, 2.75) is 51.7 Å². The van der Waals surface area contributed by atoms with Gasteiger partial charge in [-0.2, -0.15) is 0 Å². The molecule has 100 valence electrons. The van der Waals surface area contributed by atoms with Crippen molar-refractivity contribution in [2.75, 3.05) is 13.1 Å². The second-order valence-corrected chi connectivity index (χ2v) is 6.12. The van der Waals surface area contributed by atoms with Crippen molar-refractivity contribution in [1.29, 1.82) is 0 Å². The highest BCUT2D eigenvalue weighted by molar-refractivity contribution is 5.19. The van der Waals surface area contributed by atoms with E-state index < -0.39 is 0 Å². The van der Waals surface area contributed by atoms with Gasteiger partial charge in [0.15, 0.2) is 0 Å². The molecule has 0 amide bonds. The van der Waals surface area contributed by atoms with Crippen LogP contribution in [0.25, 0.3) is 0 Å². The summed E-state index contributed by atoms with van der Waals surface area (Å²) in [6, 6.07) is 12.1. The molecule has 0 saturated carbocycles. The van der Waals surface area contributed by atoms with E-state index in [1.165, 1.54) is 12.0 Å². The molecule has 1 aromatic rings. The van der Waals surface area contributed by atoms with Crippen LogP contribution < -0.4 is 5.32 Å². The van der Waals surface area contributed by atoms with E-state index in [9.17, 15) is 0 Å². The van der Waals surface area contributed by atoms with E-state index in [0.717, 1.165) is 13.1 Å². The second-order valence-electron chi connectivity index (χ2n) is 6.12. The average molecular weight is 246 g/mol. The second kappa shape index (κ2) is 5.41. The molecule has 0 aliphatic carbocycles. The molecule has 18 heavy (non-hydrogen) atoms. The minimum absolute atomic E-state index is 0.217. The Labute approximate surface area is 111 Å². The first-order valence-corrected chi connectivity index (χ1v) is 7.09. The van der Waals surface area contributed by atoms with Gasteiger partial charge < -0.3 is 5.32 Å². The molecule has 1 aliphatic heterocycles. The van der Waals surface area contributed by atoms with Crippen LogP contribution >= 0.6 is 0 Å². The number of piperazine rings is 1. The standard InChI is InChI=1S/C16H26N2/c1-5-15(14-9-7-6-8-10-14)18-12-16(3,4)17-11-13(18)2/h6-10,13,15,17H,5,11-12H2,1-4H3. The van der Waals surface area contributed by atoms with Crippen molar-refractivity contribution in [3.8, 4) is 0 Å². The zero-order chi connectivity index (χ0) is 13.2. The lowest BCUT2D eigenvalue weighted by atomic mass is 9.94. The highest BCUT2D eigenvalue weighted by Gasteiger charge is 2.34. The fraction of sp³-hybridized carbons (Fsp3) is 0.625. The van der Waals surface area contributed by atoms with Crippen LogP contribution in [-0.4, -0.2) is 29.6 Å². The van der Waals surface area contributed by atoms with Crippen LogP contribution in [0.2, 0.25) is 0 Å². The minimum atomic E-state index is 0.217. The number of rotatable bonds is 3. The van der Waals surface area contributed by atoms with Gasteiger partial charge in [-0.15, -0.1) is 0 Å². The van der Waals surface area contributed by atoms with Gasteiger partial charge in [0.2, 0.25) is 0 Å². The summed E-state index contributed by atoms with van der Waals surface area (Å²) in [4.78, 5) is 2.66. The van der Waals surface area contributed by atoms with E-state index in [0.29, 0.717) is 12.1 Å². The molecule has 2 nitrogen and oxygen atoms in total. The predicted molar refractivity (Wildman–Crippen MR) is 77.7 cm³/mol. The molecule has 0 radical (unpaired) electrons. The summed E-state index contributed by atoms with van der Waals surface area (Å²) in [5.74, 6) is 0. The maximum atomic E-state index is 3.63. The van der Waals surface area contributed by atoms with Crippen LogP contribution in [0.15, 0.2) is 30.3 Å². The predicted octanol–water partition coefficient (Wildman–Crippen LogP) is 3.21. The van der Waals surface area contributed by atoms with Gasteiger partial charge in [0.25, 0.3) is 0 Å². The monoisotopic (exact) mass is 246 g/mol. The molecule has 0 aromatic heterocycles. The zero-order valence-corrected chi connectivity index (χ0v) is 12.1. The van der Waals surface area contributed by atoms with Gasteiger partial charge in [-0.25, -0.2) is 0 Å². The van der Waals surface area contributed by atoms with Crippen LogP contribution in [0.5, 0.6) is 0 Å².